The molecule has 1 aliphatic rings. The maximum Gasteiger partial charge on any atom is 0.223 e. The Morgan fingerprint density at radius 3 is 2.60 bits per heavy atom. The molecule has 3 rings (SSSR count). The maximum atomic E-state index is 5.83. The summed E-state index contributed by atoms with van der Waals surface area (Å²) in [4.78, 5) is 13.1. The SMILES string of the molecule is CCOC(c1nc(N)nc(-c2ccccc2)n1)C1CC1. The van der Waals surface area contributed by atoms with Crippen molar-refractivity contribution in [2.24, 2.45) is 5.92 Å². The fourth-order valence-corrected chi connectivity index (χ4v) is 2.25. The minimum atomic E-state index is -0.0623. The van der Waals surface area contributed by atoms with Gasteiger partial charge in [-0.3, -0.25) is 0 Å². The number of hydrogen-bond acceptors (Lipinski definition) is 5. The van der Waals surface area contributed by atoms with Gasteiger partial charge < -0.3 is 10.5 Å². The quantitative estimate of drug-likeness (QED) is 0.904. The topological polar surface area (TPSA) is 73.9 Å². The van der Waals surface area contributed by atoms with Crippen LogP contribution in [0.15, 0.2) is 30.3 Å². The van der Waals surface area contributed by atoms with E-state index in [2.05, 4.69) is 15.0 Å². The molecule has 0 saturated heterocycles. The Bertz CT molecular complexity index is 584. The van der Waals surface area contributed by atoms with Crippen molar-refractivity contribution in [2.45, 2.75) is 25.9 Å². The highest BCUT2D eigenvalue weighted by molar-refractivity contribution is 5.55. The fraction of sp³-hybridized carbons (Fsp3) is 0.400. The normalized spacial score (nSPS) is 16.1. The van der Waals surface area contributed by atoms with E-state index in [-0.39, 0.29) is 12.1 Å². The van der Waals surface area contributed by atoms with Gasteiger partial charge in [0, 0.05) is 12.2 Å². The van der Waals surface area contributed by atoms with Crippen LogP contribution in [0, 0.1) is 5.92 Å². The number of nitrogens with two attached hydrogens (primary N) is 1. The van der Waals surface area contributed by atoms with E-state index in [0.29, 0.717) is 24.2 Å². The van der Waals surface area contributed by atoms with Crippen molar-refractivity contribution in [1.82, 2.24) is 15.0 Å². The molecule has 1 aromatic heterocycles. The number of benzene rings is 1. The summed E-state index contributed by atoms with van der Waals surface area (Å²) in [6, 6.07) is 9.80. The average Bonchev–Trinajstić information content (AvgIpc) is 3.29. The molecule has 1 aromatic carbocycles. The molecule has 0 bridgehead atoms. The van der Waals surface area contributed by atoms with Gasteiger partial charge in [-0.05, 0) is 25.7 Å². The third-order valence-electron chi connectivity index (χ3n) is 3.35. The molecule has 0 amide bonds. The molecule has 1 fully saturated rings. The fourth-order valence-electron chi connectivity index (χ4n) is 2.25. The van der Waals surface area contributed by atoms with Crippen molar-refractivity contribution in [2.75, 3.05) is 12.3 Å². The predicted octanol–water partition coefficient (Wildman–Crippen LogP) is 2.61. The van der Waals surface area contributed by atoms with Crippen molar-refractivity contribution in [3.05, 3.63) is 36.2 Å². The van der Waals surface area contributed by atoms with Gasteiger partial charge in [0.1, 0.15) is 6.10 Å². The second-order valence-electron chi connectivity index (χ2n) is 4.95. The summed E-state index contributed by atoms with van der Waals surface area (Å²) in [6.45, 7) is 2.63. The van der Waals surface area contributed by atoms with Crippen LogP contribution < -0.4 is 5.73 Å². The molecule has 5 heteroatoms. The van der Waals surface area contributed by atoms with Gasteiger partial charge in [0.05, 0.1) is 0 Å². The van der Waals surface area contributed by atoms with Crippen LogP contribution in [0.5, 0.6) is 0 Å². The van der Waals surface area contributed by atoms with Crippen LogP contribution in [0.3, 0.4) is 0 Å². The average molecular weight is 270 g/mol. The van der Waals surface area contributed by atoms with E-state index < -0.39 is 0 Å². The van der Waals surface area contributed by atoms with Crippen LogP contribution in [-0.2, 0) is 4.74 Å². The van der Waals surface area contributed by atoms with E-state index in [1.54, 1.807) is 0 Å². The molecule has 1 aliphatic carbocycles. The summed E-state index contributed by atoms with van der Waals surface area (Å²) in [7, 11) is 0. The van der Waals surface area contributed by atoms with Crippen LogP contribution in [0.1, 0.15) is 31.7 Å². The summed E-state index contributed by atoms with van der Waals surface area (Å²) < 4.78 is 5.79. The van der Waals surface area contributed by atoms with Gasteiger partial charge in [-0.25, -0.2) is 4.98 Å². The first-order valence-corrected chi connectivity index (χ1v) is 6.96. The summed E-state index contributed by atoms with van der Waals surface area (Å²) in [5, 5.41) is 0. The Hall–Kier alpha value is -2.01. The zero-order chi connectivity index (χ0) is 13.9. The number of rotatable bonds is 5. The highest BCUT2D eigenvalue weighted by atomic mass is 16.5. The molecule has 0 radical (unpaired) electrons. The number of hydrogen-bond donors (Lipinski definition) is 1. The third-order valence-corrected chi connectivity index (χ3v) is 3.35. The number of nitrogens with zero attached hydrogens (tertiary/aromatic N) is 3. The Morgan fingerprint density at radius 2 is 1.95 bits per heavy atom. The summed E-state index contributed by atoms with van der Waals surface area (Å²) >= 11 is 0. The van der Waals surface area contributed by atoms with E-state index in [4.69, 9.17) is 10.5 Å². The summed E-state index contributed by atoms with van der Waals surface area (Å²) in [5.41, 5.74) is 6.77. The lowest BCUT2D eigenvalue weighted by Gasteiger charge is -2.15. The van der Waals surface area contributed by atoms with Crippen molar-refractivity contribution in [1.29, 1.82) is 0 Å². The van der Waals surface area contributed by atoms with Crippen molar-refractivity contribution < 1.29 is 4.74 Å². The molecule has 0 spiro atoms. The monoisotopic (exact) mass is 270 g/mol. The van der Waals surface area contributed by atoms with E-state index in [0.717, 1.165) is 18.4 Å². The molecule has 0 aliphatic heterocycles. The van der Waals surface area contributed by atoms with Crippen LogP contribution in [-0.4, -0.2) is 21.6 Å². The number of nitrogen functional groups attached to an aromatic ring is 1. The number of ether oxygens (including phenoxy) is 1. The first-order chi connectivity index (χ1) is 9.78. The Kier molecular flexibility index (Phi) is 3.60. The Balaban J connectivity index is 1.97. The van der Waals surface area contributed by atoms with Crippen molar-refractivity contribution in [3.63, 3.8) is 0 Å². The van der Waals surface area contributed by atoms with Crippen LogP contribution >= 0.6 is 0 Å². The van der Waals surface area contributed by atoms with Crippen LogP contribution in [0.25, 0.3) is 11.4 Å². The number of aromatic nitrogens is 3. The van der Waals surface area contributed by atoms with E-state index >= 15 is 0 Å². The lowest BCUT2D eigenvalue weighted by atomic mass is 10.2. The second-order valence-corrected chi connectivity index (χ2v) is 4.95. The molecule has 2 N–H and O–H groups in total. The summed E-state index contributed by atoms with van der Waals surface area (Å²) in [5.74, 6) is 2.03. The third kappa shape index (κ3) is 2.77. The van der Waals surface area contributed by atoms with Gasteiger partial charge in [0.15, 0.2) is 11.6 Å². The molecule has 104 valence electrons. The standard InChI is InChI=1S/C15H18N4O/c1-2-20-12(10-8-9-10)14-17-13(18-15(16)19-14)11-6-4-3-5-7-11/h3-7,10,12H,2,8-9H2,1H3,(H2,16,17,18,19). The molecule has 20 heavy (non-hydrogen) atoms. The van der Waals surface area contributed by atoms with Gasteiger partial charge in [0.2, 0.25) is 5.95 Å². The first-order valence-electron chi connectivity index (χ1n) is 6.96. The van der Waals surface area contributed by atoms with Gasteiger partial charge >= 0.3 is 0 Å². The summed E-state index contributed by atoms with van der Waals surface area (Å²) in [6.07, 6.45) is 2.26. The highest BCUT2D eigenvalue weighted by Gasteiger charge is 2.35. The Labute approximate surface area is 118 Å². The molecular weight excluding hydrogens is 252 g/mol. The minimum absolute atomic E-state index is 0.0623. The molecule has 1 heterocycles. The zero-order valence-corrected chi connectivity index (χ0v) is 11.5. The molecular formula is C15H18N4O. The van der Waals surface area contributed by atoms with Crippen molar-refractivity contribution >= 4 is 5.95 Å². The molecule has 5 nitrogen and oxygen atoms in total. The van der Waals surface area contributed by atoms with Gasteiger partial charge in [-0.15, -0.1) is 0 Å². The van der Waals surface area contributed by atoms with Gasteiger partial charge in [0.25, 0.3) is 0 Å². The van der Waals surface area contributed by atoms with E-state index in [9.17, 15) is 0 Å². The zero-order valence-electron chi connectivity index (χ0n) is 11.5. The predicted molar refractivity (Wildman–Crippen MR) is 76.8 cm³/mol. The van der Waals surface area contributed by atoms with Gasteiger partial charge in [-0.1, -0.05) is 30.3 Å². The van der Waals surface area contributed by atoms with E-state index in [1.165, 1.54) is 0 Å². The Morgan fingerprint density at radius 1 is 1.20 bits per heavy atom. The molecule has 1 unspecified atom stereocenters. The first kappa shape index (κ1) is 13.0. The molecule has 1 atom stereocenters. The van der Waals surface area contributed by atoms with Gasteiger partial charge in [-0.2, -0.15) is 9.97 Å². The lowest BCUT2D eigenvalue weighted by molar-refractivity contribution is 0.0401. The smallest absolute Gasteiger partial charge is 0.223 e. The second kappa shape index (κ2) is 5.54. The number of anilines is 1. The highest BCUT2D eigenvalue weighted by Crippen LogP contribution is 2.42. The van der Waals surface area contributed by atoms with Crippen molar-refractivity contribution in [3.8, 4) is 11.4 Å². The minimum Gasteiger partial charge on any atom is -0.370 e. The maximum absolute atomic E-state index is 5.83. The lowest BCUT2D eigenvalue weighted by Crippen LogP contribution is -2.14. The molecule has 2 aromatic rings. The molecule has 1 saturated carbocycles. The largest absolute Gasteiger partial charge is 0.370 e. The van der Waals surface area contributed by atoms with E-state index in [1.807, 2.05) is 37.3 Å². The van der Waals surface area contributed by atoms with Crippen LogP contribution in [0.2, 0.25) is 0 Å². The van der Waals surface area contributed by atoms with Crippen LogP contribution in [0.4, 0.5) is 5.95 Å².